The summed E-state index contributed by atoms with van der Waals surface area (Å²) >= 11 is 0. The van der Waals surface area contributed by atoms with Crippen LogP contribution in [0.25, 0.3) is 10.9 Å². The number of aromatic nitrogens is 1. The summed E-state index contributed by atoms with van der Waals surface area (Å²) < 4.78 is 19.5. The van der Waals surface area contributed by atoms with E-state index in [4.69, 9.17) is 4.74 Å². The van der Waals surface area contributed by atoms with Crippen molar-refractivity contribution in [3.63, 3.8) is 0 Å². The molecule has 24 heavy (non-hydrogen) atoms. The predicted molar refractivity (Wildman–Crippen MR) is 91.5 cm³/mol. The molecule has 2 aromatic rings. The largest absolute Gasteiger partial charge is 0.444 e. The molecule has 5 nitrogen and oxygen atoms in total. The lowest BCUT2D eigenvalue weighted by Gasteiger charge is -2.24. The summed E-state index contributed by atoms with van der Waals surface area (Å²) in [5.74, 6) is -0.349. The highest BCUT2D eigenvalue weighted by Gasteiger charge is 2.29. The molecule has 1 aromatic heterocycles. The number of likely N-dealkylation sites (tertiary alicyclic amines) is 1. The van der Waals surface area contributed by atoms with Gasteiger partial charge in [0.05, 0.1) is 0 Å². The summed E-state index contributed by atoms with van der Waals surface area (Å²) in [7, 11) is 0. The number of anilines is 1. The Morgan fingerprint density at radius 1 is 1.42 bits per heavy atom. The van der Waals surface area contributed by atoms with Crippen LogP contribution in [0.5, 0.6) is 0 Å². The number of carbonyl (C=O) groups is 1. The van der Waals surface area contributed by atoms with Crippen molar-refractivity contribution in [3.8, 4) is 0 Å². The number of pyridine rings is 1. The molecule has 0 radical (unpaired) electrons. The number of nitrogens with one attached hydrogen (secondary N) is 1. The van der Waals surface area contributed by atoms with Gasteiger partial charge in [-0.15, -0.1) is 0 Å². The molecule has 6 heteroatoms. The number of nitrogens with zero attached hydrogens (tertiary/aromatic N) is 2. The number of ether oxygens (including phenoxy) is 1. The second-order valence-corrected chi connectivity index (χ2v) is 7.09. The van der Waals surface area contributed by atoms with Gasteiger partial charge in [-0.3, -0.25) is 4.98 Å². The Morgan fingerprint density at radius 2 is 2.21 bits per heavy atom. The molecule has 1 amide bonds. The first kappa shape index (κ1) is 16.5. The molecule has 1 aliphatic heterocycles. The highest BCUT2D eigenvalue weighted by atomic mass is 19.1. The monoisotopic (exact) mass is 331 g/mol. The molecule has 1 aliphatic rings. The molecule has 0 bridgehead atoms. The number of benzene rings is 1. The lowest BCUT2D eigenvalue weighted by atomic mass is 10.1. The highest BCUT2D eigenvalue weighted by Crippen LogP contribution is 2.24. The molecule has 128 valence electrons. The SMILES string of the molecule is CC(C)(C)OC(=O)N1CCC(Nc2cc(F)c3ncccc3c2)C1. The smallest absolute Gasteiger partial charge is 0.410 e. The summed E-state index contributed by atoms with van der Waals surface area (Å²) in [5.41, 5.74) is 0.561. The van der Waals surface area contributed by atoms with E-state index in [9.17, 15) is 9.18 Å². The molecule has 1 N–H and O–H groups in total. The lowest BCUT2D eigenvalue weighted by molar-refractivity contribution is 0.0293. The van der Waals surface area contributed by atoms with Gasteiger partial charge in [-0.1, -0.05) is 6.07 Å². The van der Waals surface area contributed by atoms with E-state index in [-0.39, 0.29) is 18.0 Å². The summed E-state index contributed by atoms with van der Waals surface area (Å²) in [4.78, 5) is 17.8. The molecular weight excluding hydrogens is 309 g/mol. The van der Waals surface area contributed by atoms with E-state index < -0.39 is 5.60 Å². The predicted octanol–water partition coefficient (Wildman–Crippen LogP) is 3.80. The lowest BCUT2D eigenvalue weighted by Crippen LogP contribution is -2.36. The van der Waals surface area contributed by atoms with Gasteiger partial charge in [0.2, 0.25) is 0 Å². The minimum Gasteiger partial charge on any atom is -0.444 e. The number of carbonyl (C=O) groups excluding carboxylic acids is 1. The van der Waals surface area contributed by atoms with Crippen molar-refractivity contribution in [2.45, 2.75) is 38.8 Å². The van der Waals surface area contributed by atoms with Gasteiger partial charge >= 0.3 is 6.09 Å². The van der Waals surface area contributed by atoms with Crippen LogP contribution in [0.15, 0.2) is 30.5 Å². The van der Waals surface area contributed by atoms with Crippen LogP contribution in [0.2, 0.25) is 0 Å². The Labute approximate surface area is 140 Å². The Morgan fingerprint density at radius 3 is 2.96 bits per heavy atom. The number of rotatable bonds is 2. The summed E-state index contributed by atoms with van der Waals surface area (Å²) in [6, 6.07) is 7.02. The summed E-state index contributed by atoms with van der Waals surface area (Å²) in [5, 5.41) is 4.06. The first-order chi connectivity index (χ1) is 11.3. The maximum atomic E-state index is 14.1. The van der Waals surface area contributed by atoms with E-state index in [0.29, 0.717) is 24.3 Å². The van der Waals surface area contributed by atoms with Gasteiger partial charge in [-0.2, -0.15) is 0 Å². The van der Waals surface area contributed by atoms with Crippen molar-refractivity contribution in [1.29, 1.82) is 0 Å². The third-order valence-electron chi connectivity index (χ3n) is 3.87. The average molecular weight is 331 g/mol. The Hall–Kier alpha value is -2.37. The molecule has 1 fully saturated rings. The van der Waals surface area contributed by atoms with E-state index in [1.807, 2.05) is 32.9 Å². The second-order valence-electron chi connectivity index (χ2n) is 7.09. The van der Waals surface area contributed by atoms with Crippen molar-refractivity contribution in [3.05, 3.63) is 36.3 Å². The van der Waals surface area contributed by atoms with Crippen LogP contribution < -0.4 is 5.32 Å². The van der Waals surface area contributed by atoms with Crippen LogP contribution in [0.4, 0.5) is 14.9 Å². The van der Waals surface area contributed by atoms with Gasteiger partial charge in [0.1, 0.15) is 11.1 Å². The quantitative estimate of drug-likeness (QED) is 0.909. The Bertz CT molecular complexity index is 758. The molecule has 3 rings (SSSR count). The van der Waals surface area contributed by atoms with Crippen LogP contribution >= 0.6 is 0 Å². The zero-order valence-corrected chi connectivity index (χ0v) is 14.2. The van der Waals surface area contributed by atoms with Gasteiger partial charge < -0.3 is 15.0 Å². The topological polar surface area (TPSA) is 54.5 Å². The number of halogens is 1. The number of fused-ring (bicyclic) bond motifs is 1. The van der Waals surface area contributed by atoms with Gasteiger partial charge in [0.15, 0.2) is 5.82 Å². The fourth-order valence-electron chi connectivity index (χ4n) is 2.84. The van der Waals surface area contributed by atoms with Crippen molar-refractivity contribution < 1.29 is 13.9 Å². The average Bonchev–Trinajstić information content (AvgIpc) is 2.94. The van der Waals surface area contributed by atoms with E-state index >= 15 is 0 Å². The molecule has 1 saturated heterocycles. The normalized spacial score (nSPS) is 18.0. The number of amides is 1. The minimum atomic E-state index is -0.503. The third kappa shape index (κ3) is 3.75. The number of hydrogen-bond donors (Lipinski definition) is 1. The second kappa shape index (κ2) is 6.26. The van der Waals surface area contributed by atoms with Gasteiger partial charge in [-0.25, -0.2) is 9.18 Å². The van der Waals surface area contributed by atoms with Gasteiger partial charge in [0, 0.05) is 36.4 Å². The van der Waals surface area contributed by atoms with Crippen molar-refractivity contribution in [2.24, 2.45) is 0 Å². The molecule has 2 heterocycles. The van der Waals surface area contributed by atoms with Crippen molar-refractivity contribution in [1.82, 2.24) is 9.88 Å². The summed E-state index contributed by atoms with van der Waals surface area (Å²) in [6.07, 6.45) is 2.07. The molecule has 1 unspecified atom stereocenters. The molecule has 0 aliphatic carbocycles. The highest BCUT2D eigenvalue weighted by molar-refractivity contribution is 5.82. The number of hydrogen-bond acceptors (Lipinski definition) is 4. The van der Waals surface area contributed by atoms with Crippen molar-refractivity contribution in [2.75, 3.05) is 18.4 Å². The van der Waals surface area contributed by atoms with Gasteiger partial charge in [-0.05, 0) is 45.4 Å². The zero-order valence-electron chi connectivity index (χ0n) is 14.2. The van der Waals surface area contributed by atoms with E-state index in [1.165, 1.54) is 6.07 Å². The van der Waals surface area contributed by atoms with Crippen LogP contribution in [0, 0.1) is 5.82 Å². The molecule has 0 saturated carbocycles. The standard InChI is InChI=1S/C18H22FN3O2/c1-18(2,3)24-17(23)22-8-6-13(11-22)21-14-9-12-5-4-7-20-16(12)15(19)10-14/h4-5,7,9-10,13,21H,6,8,11H2,1-3H3. The van der Waals surface area contributed by atoms with Crippen LogP contribution in [-0.4, -0.2) is 40.7 Å². The fourth-order valence-corrected chi connectivity index (χ4v) is 2.84. The molecule has 1 aromatic carbocycles. The zero-order chi connectivity index (χ0) is 17.3. The summed E-state index contributed by atoms with van der Waals surface area (Å²) in [6.45, 7) is 6.72. The van der Waals surface area contributed by atoms with Crippen molar-refractivity contribution >= 4 is 22.7 Å². The van der Waals surface area contributed by atoms with E-state index in [2.05, 4.69) is 10.3 Å². The van der Waals surface area contributed by atoms with Crippen LogP contribution in [0.3, 0.4) is 0 Å². The maximum absolute atomic E-state index is 14.1. The minimum absolute atomic E-state index is 0.0750. The fraction of sp³-hybridized carbons (Fsp3) is 0.444. The Balaban J connectivity index is 1.66. The first-order valence-corrected chi connectivity index (χ1v) is 8.10. The first-order valence-electron chi connectivity index (χ1n) is 8.10. The maximum Gasteiger partial charge on any atom is 0.410 e. The van der Waals surface area contributed by atoms with E-state index in [0.717, 1.165) is 11.8 Å². The molecule has 1 atom stereocenters. The third-order valence-corrected chi connectivity index (χ3v) is 3.87. The molecular formula is C18H22FN3O2. The Kier molecular flexibility index (Phi) is 4.30. The van der Waals surface area contributed by atoms with Crippen LogP contribution in [0.1, 0.15) is 27.2 Å². The van der Waals surface area contributed by atoms with Gasteiger partial charge in [0.25, 0.3) is 0 Å². The van der Waals surface area contributed by atoms with Crippen LogP contribution in [-0.2, 0) is 4.74 Å². The molecule has 0 spiro atoms. The van der Waals surface area contributed by atoms with E-state index in [1.54, 1.807) is 17.2 Å².